The molecular formula is C16H31N3O2. The molecule has 0 bridgehead atoms. The summed E-state index contributed by atoms with van der Waals surface area (Å²) in [6, 6.07) is 0.514. The number of carbonyl (C=O) groups is 1. The molecule has 2 unspecified atom stereocenters. The predicted octanol–water partition coefficient (Wildman–Crippen LogP) is 1.09. The van der Waals surface area contributed by atoms with Crippen molar-refractivity contribution in [1.82, 2.24) is 15.1 Å². The smallest absolute Gasteiger partial charge is 0.326 e. The highest BCUT2D eigenvalue weighted by Gasteiger charge is 2.47. The van der Waals surface area contributed by atoms with Crippen LogP contribution in [0, 0.1) is 0 Å². The molecule has 1 aliphatic heterocycles. The molecule has 5 nitrogen and oxygen atoms in total. The zero-order chi connectivity index (χ0) is 15.3. The van der Waals surface area contributed by atoms with Gasteiger partial charge in [-0.15, -0.1) is 0 Å². The van der Waals surface area contributed by atoms with Crippen molar-refractivity contribution in [2.75, 3.05) is 46.9 Å². The second-order valence-corrected chi connectivity index (χ2v) is 6.59. The maximum Gasteiger partial charge on any atom is 0.326 e. The Kier molecular flexibility index (Phi) is 6.02. The predicted molar refractivity (Wildman–Crippen MR) is 84.4 cm³/mol. The van der Waals surface area contributed by atoms with Gasteiger partial charge in [0.2, 0.25) is 0 Å². The van der Waals surface area contributed by atoms with Crippen LogP contribution in [0.25, 0.3) is 0 Å². The average molecular weight is 297 g/mol. The van der Waals surface area contributed by atoms with Crippen LogP contribution in [-0.2, 0) is 9.53 Å². The summed E-state index contributed by atoms with van der Waals surface area (Å²) in [7, 11) is 3.70. The molecule has 2 fully saturated rings. The minimum atomic E-state index is -0.451. The van der Waals surface area contributed by atoms with Gasteiger partial charge in [-0.3, -0.25) is 9.69 Å². The van der Waals surface area contributed by atoms with E-state index in [4.69, 9.17) is 4.74 Å². The summed E-state index contributed by atoms with van der Waals surface area (Å²) >= 11 is 0. The van der Waals surface area contributed by atoms with Crippen molar-refractivity contribution in [1.29, 1.82) is 0 Å². The van der Waals surface area contributed by atoms with Gasteiger partial charge in [0.1, 0.15) is 5.54 Å². The van der Waals surface area contributed by atoms with Crippen molar-refractivity contribution < 1.29 is 9.53 Å². The first-order valence-corrected chi connectivity index (χ1v) is 8.37. The van der Waals surface area contributed by atoms with E-state index in [1.54, 1.807) is 0 Å². The summed E-state index contributed by atoms with van der Waals surface area (Å²) in [6.45, 7) is 7.59. The molecular weight excluding hydrogens is 266 g/mol. The number of likely N-dealkylation sites (N-methyl/N-ethyl adjacent to an activating group) is 1. The number of nitrogens with zero attached hydrogens (tertiary/aromatic N) is 2. The molecule has 1 saturated carbocycles. The van der Waals surface area contributed by atoms with E-state index in [1.165, 1.54) is 20.1 Å². The van der Waals surface area contributed by atoms with Crippen molar-refractivity contribution in [3.63, 3.8) is 0 Å². The number of methoxy groups -OCH3 is 1. The van der Waals surface area contributed by atoms with E-state index in [2.05, 4.69) is 29.1 Å². The fourth-order valence-electron chi connectivity index (χ4n) is 3.74. The van der Waals surface area contributed by atoms with Crippen molar-refractivity contribution in [2.45, 2.75) is 50.6 Å². The Morgan fingerprint density at radius 2 is 2.14 bits per heavy atom. The Morgan fingerprint density at radius 1 is 1.33 bits per heavy atom. The van der Waals surface area contributed by atoms with E-state index in [0.717, 1.165) is 51.9 Å². The lowest BCUT2D eigenvalue weighted by Gasteiger charge is -2.31. The number of hydrogen-bond acceptors (Lipinski definition) is 5. The summed E-state index contributed by atoms with van der Waals surface area (Å²) in [5.41, 5.74) is -0.451. The Balaban J connectivity index is 1.99. The molecule has 1 aliphatic carbocycles. The van der Waals surface area contributed by atoms with Crippen molar-refractivity contribution in [3.05, 3.63) is 0 Å². The number of esters is 1. The SMILES string of the molecule is CCCNC1(C(=O)OC)CCC(N2CCCN(C)CC2)C1. The first-order chi connectivity index (χ1) is 10.1. The first-order valence-electron chi connectivity index (χ1n) is 8.37. The maximum atomic E-state index is 12.3. The normalized spacial score (nSPS) is 32.0. The van der Waals surface area contributed by atoms with E-state index in [-0.39, 0.29) is 5.97 Å². The molecule has 2 rings (SSSR count). The molecule has 122 valence electrons. The van der Waals surface area contributed by atoms with Gasteiger partial charge in [-0.05, 0) is 58.8 Å². The van der Waals surface area contributed by atoms with E-state index in [0.29, 0.717) is 6.04 Å². The second-order valence-electron chi connectivity index (χ2n) is 6.59. The number of hydrogen-bond donors (Lipinski definition) is 1. The monoisotopic (exact) mass is 297 g/mol. The molecule has 1 saturated heterocycles. The van der Waals surface area contributed by atoms with Gasteiger partial charge in [-0.25, -0.2) is 0 Å². The third kappa shape index (κ3) is 3.96. The van der Waals surface area contributed by atoms with Crippen molar-refractivity contribution in [2.24, 2.45) is 0 Å². The first kappa shape index (κ1) is 16.7. The van der Waals surface area contributed by atoms with Crippen LogP contribution in [0.4, 0.5) is 0 Å². The van der Waals surface area contributed by atoms with Gasteiger partial charge in [0.15, 0.2) is 0 Å². The fraction of sp³-hybridized carbons (Fsp3) is 0.938. The lowest BCUT2D eigenvalue weighted by atomic mass is 9.97. The van der Waals surface area contributed by atoms with Crippen molar-refractivity contribution in [3.8, 4) is 0 Å². The summed E-state index contributed by atoms with van der Waals surface area (Å²) in [5, 5.41) is 3.48. The third-order valence-electron chi connectivity index (χ3n) is 5.05. The van der Waals surface area contributed by atoms with E-state index < -0.39 is 5.54 Å². The Hall–Kier alpha value is -0.650. The highest BCUT2D eigenvalue weighted by molar-refractivity contribution is 5.81. The molecule has 2 atom stereocenters. The molecule has 21 heavy (non-hydrogen) atoms. The van der Waals surface area contributed by atoms with Crippen LogP contribution in [0.2, 0.25) is 0 Å². The third-order valence-corrected chi connectivity index (χ3v) is 5.05. The highest BCUT2D eigenvalue weighted by atomic mass is 16.5. The van der Waals surface area contributed by atoms with Gasteiger partial charge in [0.05, 0.1) is 7.11 Å². The molecule has 0 aromatic rings. The van der Waals surface area contributed by atoms with Gasteiger partial charge >= 0.3 is 5.97 Å². The van der Waals surface area contributed by atoms with Gasteiger partial charge < -0.3 is 15.0 Å². The lowest BCUT2D eigenvalue weighted by molar-refractivity contribution is -0.148. The van der Waals surface area contributed by atoms with Crippen LogP contribution in [-0.4, -0.2) is 74.2 Å². The molecule has 1 heterocycles. The molecule has 2 aliphatic rings. The van der Waals surface area contributed by atoms with Crippen LogP contribution < -0.4 is 5.32 Å². The summed E-state index contributed by atoms with van der Waals surface area (Å²) in [4.78, 5) is 17.3. The Morgan fingerprint density at radius 3 is 2.86 bits per heavy atom. The average Bonchev–Trinajstić information content (AvgIpc) is 2.81. The molecule has 0 spiro atoms. The fourth-order valence-corrected chi connectivity index (χ4v) is 3.74. The van der Waals surface area contributed by atoms with E-state index in [9.17, 15) is 4.79 Å². The second kappa shape index (κ2) is 7.56. The number of rotatable bonds is 5. The van der Waals surface area contributed by atoms with Crippen LogP contribution >= 0.6 is 0 Å². The van der Waals surface area contributed by atoms with Gasteiger partial charge in [0, 0.05) is 19.1 Å². The molecule has 0 amide bonds. The molecule has 0 aromatic carbocycles. The van der Waals surface area contributed by atoms with Crippen LogP contribution in [0.5, 0.6) is 0 Å². The Labute approximate surface area is 129 Å². The minimum Gasteiger partial charge on any atom is -0.468 e. The highest BCUT2D eigenvalue weighted by Crippen LogP contribution is 2.34. The summed E-state index contributed by atoms with van der Waals surface area (Å²) < 4.78 is 5.08. The topological polar surface area (TPSA) is 44.8 Å². The molecule has 1 N–H and O–H groups in total. The minimum absolute atomic E-state index is 0.0783. The Bertz CT molecular complexity index is 350. The number of ether oxygens (including phenoxy) is 1. The number of carbonyl (C=O) groups excluding carboxylic acids is 1. The van der Waals surface area contributed by atoms with Crippen LogP contribution in [0.15, 0.2) is 0 Å². The zero-order valence-corrected chi connectivity index (χ0v) is 13.9. The zero-order valence-electron chi connectivity index (χ0n) is 13.9. The number of nitrogens with one attached hydrogen (secondary N) is 1. The largest absolute Gasteiger partial charge is 0.468 e. The lowest BCUT2D eigenvalue weighted by Crippen LogP contribution is -2.52. The standard InChI is InChI=1S/C16H31N3O2/c1-4-8-17-16(15(20)21-3)7-6-14(13-16)19-10-5-9-18(2)11-12-19/h14,17H,4-13H2,1-3H3. The van der Waals surface area contributed by atoms with Crippen LogP contribution in [0.1, 0.15) is 39.0 Å². The quantitative estimate of drug-likeness (QED) is 0.770. The van der Waals surface area contributed by atoms with Gasteiger partial charge in [-0.2, -0.15) is 0 Å². The molecule has 5 heteroatoms. The maximum absolute atomic E-state index is 12.3. The van der Waals surface area contributed by atoms with Crippen molar-refractivity contribution >= 4 is 5.97 Å². The van der Waals surface area contributed by atoms with Gasteiger partial charge in [-0.1, -0.05) is 6.92 Å². The molecule has 0 aromatic heterocycles. The van der Waals surface area contributed by atoms with Gasteiger partial charge in [0.25, 0.3) is 0 Å². The summed E-state index contributed by atoms with van der Waals surface area (Å²) in [6.07, 6.45) is 5.15. The van der Waals surface area contributed by atoms with E-state index >= 15 is 0 Å². The van der Waals surface area contributed by atoms with E-state index in [1.807, 2.05) is 0 Å². The van der Waals surface area contributed by atoms with Crippen LogP contribution in [0.3, 0.4) is 0 Å². The summed E-state index contributed by atoms with van der Waals surface area (Å²) in [5.74, 6) is -0.0783. The molecule has 0 radical (unpaired) electrons.